The monoisotopic (exact) mass is 486 g/mol. The van der Waals surface area contributed by atoms with E-state index in [1.807, 2.05) is 13.1 Å². The molecular weight excluding hydrogens is 456 g/mol. The van der Waals surface area contributed by atoms with Crippen LogP contribution in [0.3, 0.4) is 0 Å². The minimum absolute atomic E-state index is 0.0414. The third-order valence-corrected chi connectivity index (χ3v) is 8.09. The summed E-state index contributed by atoms with van der Waals surface area (Å²) >= 11 is 0. The van der Waals surface area contributed by atoms with Crippen molar-refractivity contribution in [1.29, 1.82) is 0 Å². The number of amides is 1. The Bertz CT molecular complexity index is 1150. The Kier molecular flexibility index (Phi) is 5.37. The van der Waals surface area contributed by atoms with Gasteiger partial charge in [-0.3, -0.25) is 9.59 Å². The zero-order valence-electron chi connectivity index (χ0n) is 19.9. The maximum absolute atomic E-state index is 12.8. The molecule has 1 fully saturated rings. The second-order valence-electron chi connectivity index (χ2n) is 10.3. The topological polar surface area (TPSA) is 146 Å². The van der Waals surface area contributed by atoms with Crippen molar-refractivity contribution in [3.8, 4) is 11.5 Å². The molecule has 5 rings (SSSR count). The molecule has 2 bridgehead atoms. The fraction of sp³-hybridized carbons (Fsp3) is 0.560. The van der Waals surface area contributed by atoms with Crippen LogP contribution in [0.4, 0.5) is 0 Å². The minimum Gasteiger partial charge on any atom is -0.504 e. The number of likely N-dealkylation sites (tertiary alicyclic amines) is 1. The third kappa shape index (κ3) is 3.26. The molecule has 1 saturated heterocycles. The molecule has 1 amide bonds. The van der Waals surface area contributed by atoms with Gasteiger partial charge < -0.3 is 35.0 Å². The zero-order chi connectivity index (χ0) is 25.3. The number of piperidine rings is 1. The molecule has 0 saturated carbocycles. The highest BCUT2D eigenvalue weighted by Crippen LogP contribution is 2.65. The van der Waals surface area contributed by atoms with E-state index >= 15 is 0 Å². The van der Waals surface area contributed by atoms with Crippen molar-refractivity contribution in [3.63, 3.8) is 0 Å². The molecule has 10 heteroatoms. The second kappa shape index (κ2) is 7.96. The average Bonchev–Trinajstić information content (AvgIpc) is 3.15. The summed E-state index contributed by atoms with van der Waals surface area (Å²) in [6, 6.07) is 1.82. The highest BCUT2D eigenvalue weighted by Gasteiger charge is 2.72. The maximum Gasteiger partial charge on any atom is 0.326 e. The molecule has 2 heterocycles. The summed E-state index contributed by atoms with van der Waals surface area (Å²) in [5, 5.41) is 34.5. The summed E-state index contributed by atoms with van der Waals surface area (Å²) in [5.74, 6) is -2.66. The Morgan fingerprint density at radius 1 is 1.31 bits per heavy atom. The van der Waals surface area contributed by atoms with Gasteiger partial charge in [0.1, 0.15) is 11.8 Å². The van der Waals surface area contributed by atoms with E-state index in [-0.39, 0.29) is 24.0 Å². The molecule has 35 heavy (non-hydrogen) atoms. The maximum atomic E-state index is 12.8. The van der Waals surface area contributed by atoms with Crippen molar-refractivity contribution in [2.24, 2.45) is 5.92 Å². The van der Waals surface area contributed by atoms with Gasteiger partial charge in [0.05, 0.1) is 17.4 Å². The molecule has 2 aliphatic heterocycles. The number of aliphatic hydroxyl groups is 1. The first-order valence-corrected chi connectivity index (χ1v) is 11.9. The zero-order valence-corrected chi connectivity index (χ0v) is 19.9. The van der Waals surface area contributed by atoms with E-state index in [0.717, 1.165) is 11.1 Å². The van der Waals surface area contributed by atoms with Crippen molar-refractivity contribution in [3.05, 3.63) is 35.1 Å². The van der Waals surface area contributed by atoms with Crippen molar-refractivity contribution in [1.82, 2.24) is 10.2 Å². The molecule has 2 aliphatic carbocycles. The number of esters is 1. The van der Waals surface area contributed by atoms with Gasteiger partial charge in [0.15, 0.2) is 17.6 Å². The largest absolute Gasteiger partial charge is 0.504 e. The Balaban J connectivity index is 1.46. The number of phenols is 1. The minimum atomic E-state index is -1.43. The number of nitrogens with zero attached hydrogens (tertiary/aromatic N) is 1. The SMILES string of the molecule is CC(C)C(=O)NC(CC(=O)OC1=CC[C@@]2(O)[C@H]3Cc4ccc(O)c5c4[C@@]2(CCN3C)[C@H]1O5)C(=O)O. The van der Waals surface area contributed by atoms with Crippen LogP contribution >= 0.6 is 0 Å². The number of likely N-dealkylation sites (N-methyl/N-ethyl adjacent to an activating group) is 1. The molecule has 188 valence electrons. The average molecular weight is 487 g/mol. The second-order valence-corrected chi connectivity index (χ2v) is 10.3. The van der Waals surface area contributed by atoms with Gasteiger partial charge in [-0.1, -0.05) is 19.9 Å². The van der Waals surface area contributed by atoms with E-state index in [0.29, 0.717) is 25.1 Å². The standard InChI is InChI=1S/C25H30N2O8/c1-12(2)22(30)26-14(23(31)32)11-18(29)34-16-6-7-25(33)17-10-13-4-5-15(28)20-19(13)24(25,21(16)35-20)8-9-27(17)3/h4-6,12,14,17,21,28,33H,7-11H2,1-3H3,(H,26,30)(H,31,32)/t14?,17-,21+,24+,25-/m1/s1. The lowest BCUT2D eigenvalue weighted by atomic mass is 9.50. The lowest BCUT2D eigenvalue weighted by molar-refractivity contribution is -0.169. The fourth-order valence-corrected chi connectivity index (χ4v) is 6.32. The van der Waals surface area contributed by atoms with Crippen LogP contribution in [0.5, 0.6) is 11.5 Å². The Hall–Kier alpha value is -3.11. The molecule has 10 nitrogen and oxygen atoms in total. The van der Waals surface area contributed by atoms with Gasteiger partial charge in [-0.15, -0.1) is 0 Å². The smallest absolute Gasteiger partial charge is 0.326 e. The number of benzene rings is 1. The number of carbonyl (C=O) groups is 3. The Morgan fingerprint density at radius 2 is 2.06 bits per heavy atom. The summed E-state index contributed by atoms with van der Waals surface area (Å²) in [7, 11) is 1.98. The van der Waals surface area contributed by atoms with Crippen LogP contribution in [-0.2, 0) is 31.0 Å². The first-order chi connectivity index (χ1) is 16.5. The highest BCUT2D eigenvalue weighted by molar-refractivity contribution is 5.88. The molecule has 1 unspecified atom stereocenters. The van der Waals surface area contributed by atoms with E-state index in [4.69, 9.17) is 9.47 Å². The number of nitrogens with one attached hydrogen (secondary N) is 1. The predicted molar refractivity (Wildman–Crippen MR) is 122 cm³/mol. The molecule has 4 N–H and O–H groups in total. The number of carboxylic acids is 1. The number of ether oxygens (including phenoxy) is 2. The number of rotatable bonds is 6. The van der Waals surface area contributed by atoms with E-state index in [2.05, 4.69) is 10.2 Å². The van der Waals surface area contributed by atoms with Gasteiger partial charge in [0.2, 0.25) is 5.91 Å². The molecule has 1 aromatic rings. The number of phenolic OH excluding ortho intramolecular Hbond substituents is 1. The van der Waals surface area contributed by atoms with E-state index in [1.54, 1.807) is 26.0 Å². The molecule has 1 aromatic carbocycles. The summed E-state index contributed by atoms with van der Waals surface area (Å²) in [6.45, 7) is 3.93. The van der Waals surface area contributed by atoms with Gasteiger partial charge in [-0.05, 0) is 44.1 Å². The lowest BCUT2D eigenvalue weighted by Crippen LogP contribution is -2.74. The van der Waals surface area contributed by atoms with Gasteiger partial charge in [-0.2, -0.15) is 0 Å². The van der Waals surface area contributed by atoms with Crippen LogP contribution in [0.15, 0.2) is 24.0 Å². The van der Waals surface area contributed by atoms with Gasteiger partial charge in [0, 0.05) is 23.9 Å². The first-order valence-electron chi connectivity index (χ1n) is 11.9. The fourth-order valence-electron chi connectivity index (χ4n) is 6.32. The summed E-state index contributed by atoms with van der Waals surface area (Å²) in [5.41, 5.74) is -0.351. The number of hydrogen-bond acceptors (Lipinski definition) is 8. The number of aliphatic carboxylic acids is 1. The lowest BCUT2D eigenvalue weighted by Gasteiger charge is -2.61. The quantitative estimate of drug-likeness (QED) is 0.430. The van der Waals surface area contributed by atoms with Gasteiger partial charge >= 0.3 is 11.9 Å². The van der Waals surface area contributed by atoms with Crippen molar-refractivity contribution in [2.45, 2.75) is 68.7 Å². The molecule has 5 atom stereocenters. The summed E-state index contributed by atoms with van der Waals surface area (Å²) in [6.07, 6.45) is 1.56. The van der Waals surface area contributed by atoms with Crippen LogP contribution in [0.2, 0.25) is 0 Å². The first kappa shape index (κ1) is 23.6. The third-order valence-electron chi connectivity index (χ3n) is 8.09. The Labute approximate surface area is 202 Å². The highest BCUT2D eigenvalue weighted by atomic mass is 16.6. The van der Waals surface area contributed by atoms with Crippen LogP contribution < -0.4 is 10.1 Å². The normalized spacial score (nSPS) is 31.2. The molecule has 0 aromatic heterocycles. The van der Waals surface area contributed by atoms with Gasteiger partial charge in [0.25, 0.3) is 0 Å². The molecule has 1 spiro atoms. The number of carboxylic acid groups (broad SMARTS) is 1. The molecule has 0 radical (unpaired) electrons. The number of hydrogen-bond donors (Lipinski definition) is 4. The number of carbonyl (C=O) groups excluding carboxylic acids is 2. The van der Waals surface area contributed by atoms with Crippen molar-refractivity contribution < 1.29 is 39.2 Å². The van der Waals surface area contributed by atoms with Crippen molar-refractivity contribution in [2.75, 3.05) is 13.6 Å². The number of aromatic hydroxyl groups is 1. The predicted octanol–water partition coefficient (Wildman–Crippen LogP) is 0.829. The van der Waals surface area contributed by atoms with Crippen LogP contribution in [0.1, 0.15) is 44.2 Å². The van der Waals surface area contributed by atoms with E-state index in [9.17, 15) is 29.7 Å². The van der Waals surface area contributed by atoms with E-state index < -0.39 is 53.3 Å². The van der Waals surface area contributed by atoms with Crippen LogP contribution in [0, 0.1) is 5.92 Å². The molecule has 4 aliphatic rings. The summed E-state index contributed by atoms with van der Waals surface area (Å²) < 4.78 is 11.9. The van der Waals surface area contributed by atoms with Gasteiger partial charge in [-0.25, -0.2) is 4.79 Å². The molecular formula is C25H30N2O8. The Morgan fingerprint density at radius 3 is 2.74 bits per heavy atom. The van der Waals surface area contributed by atoms with E-state index in [1.165, 1.54) is 0 Å². The summed E-state index contributed by atoms with van der Waals surface area (Å²) in [4.78, 5) is 38.6. The van der Waals surface area contributed by atoms with Crippen LogP contribution in [-0.4, -0.2) is 75.4 Å². The van der Waals surface area contributed by atoms with Crippen LogP contribution in [0.25, 0.3) is 0 Å². The van der Waals surface area contributed by atoms with Crippen molar-refractivity contribution >= 4 is 17.8 Å².